The molecule has 3 unspecified atom stereocenters. The van der Waals surface area contributed by atoms with E-state index in [9.17, 15) is 10.2 Å². The second kappa shape index (κ2) is 4.75. The molecular weight excluding hydrogens is 246 g/mol. The number of nitrogens with one attached hydrogen (secondary N) is 2. The SMILES string of the molecule is CNc1nc(C2CC(CO)C2CO)nc2nc[nH]c12. The Labute approximate surface area is 110 Å². The summed E-state index contributed by atoms with van der Waals surface area (Å²) in [6.45, 7) is 0.151. The maximum absolute atomic E-state index is 9.41. The number of aliphatic hydroxyl groups is 2. The fourth-order valence-corrected chi connectivity index (χ4v) is 2.79. The molecule has 0 aliphatic heterocycles. The number of aromatic amines is 1. The molecule has 0 aromatic carbocycles. The molecule has 4 N–H and O–H groups in total. The van der Waals surface area contributed by atoms with E-state index in [1.807, 2.05) is 0 Å². The molecule has 1 fully saturated rings. The molecule has 7 heteroatoms. The number of hydrogen-bond donors (Lipinski definition) is 4. The van der Waals surface area contributed by atoms with Gasteiger partial charge in [0.25, 0.3) is 0 Å². The summed E-state index contributed by atoms with van der Waals surface area (Å²) in [7, 11) is 1.80. The highest BCUT2D eigenvalue weighted by Crippen LogP contribution is 2.46. The van der Waals surface area contributed by atoms with Gasteiger partial charge in [0.2, 0.25) is 0 Å². The molecule has 2 heterocycles. The molecule has 0 bridgehead atoms. The van der Waals surface area contributed by atoms with Crippen molar-refractivity contribution in [2.24, 2.45) is 11.8 Å². The fourth-order valence-electron chi connectivity index (χ4n) is 2.79. The average Bonchev–Trinajstić information content (AvgIpc) is 2.86. The quantitative estimate of drug-likeness (QED) is 0.623. The smallest absolute Gasteiger partial charge is 0.183 e. The highest BCUT2D eigenvalue weighted by atomic mass is 16.3. The Balaban J connectivity index is 1.97. The minimum atomic E-state index is 0.0334. The van der Waals surface area contributed by atoms with Crippen molar-refractivity contribution >= 4 is 17.0 Å². The summed E-state index contributed by atoms with van der Waals surface area (Å²) in [6, 6.07) is 0. The van der Waals surface area contributed by atoms with E-state index in [2.05, 4.69) is 25.3 Å². The van der Waals surface area contributed by atoms with Crippen molar-refractivity contribution < 1.29 is 10.2 Å². The van der Waals surface area contributed by atoms with Gasteiger partial charge in [-0.15, -0.1) is 0 Å². The molecule has 2 aromatic heterocycles. The Hall–Kier alpha value is -1.73. The van der Waals surface area contributed by atoms with Gasteiger partial charge in [0.15, 0.2) is 11.5 Å². The van der Waals surface area contributed by atoms with E-state index < -0.39 is 0 Å². The summed E-state index contributed by atoms with van der Waals surface area (Å²) in [6.07, 6.45) is 2.39. The Kier molecular flexibility index (Phi) is 3.08. The molecule has 0 spiro atoms. The van der Waals surface area contributed by atoms with E-state index in [1.165, 1.54) is 0 Å². The first-order chi connectivity index (χ1) is 9.28. The zero-order valence-corrected chi connectivity index (χ0v) is 10.7. The molecular formula is C12H17N5O2. The maximum atomic E-state index is 9.41. The van der Waals surface area contributed by atoms with Crippen LogP contribution in [0.1, 0.15) is 18.2 Å². The zero-order valence-electron chi connectivity index (χ0n) is 10.7. The number of rotatable bonds is 4. The molecule has 3 rings (SSSR count). The molecule has 0 radical (unpaired) electrons. The Morgan fingerprint density at radius 1 is 1.37 bits per heavy atom. The number of hydrogen-bond acceptors (Lipinski definition) is 6. The third kappa shape index (κ3) is 1.85. The van der Waals surface area contributed by atoms with Crippen LogP contribution in [0.5, 0.6) is 0 Å². The molecule has 1 aliphatic rings. The van der Waals surface area contributed by atoms with Gasteiger partial charge in [-0.3, -0.25) is 0 Å². The maximum Gasteiger partial charge on any atom is 0.183 e. The number of nitrogens with zero attached hydrogens (tertiary/aromatic N) is 3. The van der Waals surface area contributed by atoms with Gasteiger partial charge in [-0.2, -0.15) is 0 Å². The van der Waals surface area contributed by atoms with Crippen molar-refractivity contribution in [2.75, 3.05) is 25.6 Å². The number of fused-ring (bicyclic) bond motifs is 1. The topological polar surface area (TPSA) is 107 Å². The van der Waals surface area contributed by atoms with E-state index in [4.69, 9.17) is 0 Å². The first-order valence-electron chi connectivity index (χ1n) is 6.39. The van der Waals surface area contributed by atoms with E-state index in [-0.39, 0.29) is 31.0 Å². The van der Waals surface area contributed by atoms with E-state index in [0.29, 0.717) is 17.3 Å². The predicted molar refractivity (Wildman–Crippen MR) is 69.7 cm³/mol. The highest BCUT2D eigenvalue weighted by Gasteiger charge is 2.42. The third-order valence-corrected chi connectivity index (χ3v) is 4.00. The first kappa shape index (κ1) is 12.3. The number of imidazole rings is 1. The van der Waals surface area contributed by atoms with Gasteiger partial charge in [-0.05, 0) is 18.3 Å². The van der Waals surface area contributed by atoms with Crippen molar-refractivity contribution in [1.82, 2.24) is 19.9 Å². The van der Waals surface area contributed by atoms with E-state index in [1.54, 1.807) is 13.4 Å². The summed E-state index contributed by atoms with van der Waals surface area (Å²) in [5.41, 5.74) is 1.41. The molecule has 0 saturated heterocycles. The van der Waals surface area contributed by atoms with Crippen LogP contribution < -0.4 is 5.32 Å². The minimum Gasteiger partial charge on any atom is -0.396 e. The van der Waals surface area contributed by atoms with Gasteiger partial charge in [0, 0.05) is 26.2 Å². The molecule has 102 valence electrons. The van der Waals surface area contributed by atoms with Crippen molar-refractivity contribution in [2.45, 2.75) is 12.3 Å². The Morgan fingerprint density at radius 2 is 2.21 bits per heavy atom. The van der Waals surface area contributed by atoms with Crippen LogP contribution in [0.25, 0.3) is 11.2 Å². The van der Waals surface area contributed by atoms with Gasteiger partial charge in [0.05, 0.1) is 6.33 Å². The Bertz CT molecular complexity index is 585. The van der Waals surface area contributed by atoms with Crippen molar-refractivity contribution in [3.05, 3.63) is 12.2 Å². The lowest BCUT2D eigenvalue weighted by molar-refractivity contribution is 0.0191. The minimum absolute atomic E-state index is 0.0334. The first-order valence-corrected chi connectivity index (χ1v) is 6.39. The van der Waals surface area contributed by atoms with Crippen LogP contribution in [-0.4, -0.2) is 50.4 Å². The molecule has 1 saturated carbocycles. The van der Waals surface area contributed by atoms with Crippen molar-refractivity contribution in [3.8, 4) is 0 Å². The van der Waals surface area contributed by atoms with E-state index in [0.717, 1.165) is 11.9 Å². The Morgan fingerprint density at radius 3 is 2.89 bits per heavy atom. The van der Waals surface area contributed by atoms with E-state index >= 15 is 0 Å². The fraction of sp³-hybridized carbons (Fsp3) is 0.583. The van der Waals surface area contributed by atoms with Crippen LogP contribution in [0.15, 0.2) is 6.33 Å². The number of aliphatic hydroxyl groups excluding tert-OH is 2. The summed E-state index contributed by atoms with van der Waals surface area (Å²) < 4.78 is 0. The van der Waals surface area contributed by atoms with Gasteiger partial charge in [0.1, 0.15) is 11.3 Å². The van der Waals surface area contributed by atoms with Crippen LogP contribution in [0.4, 0.5) is 5.82 Å². The molecule has 19 heavy (non-hydrogen) atoms. The van der Waals surface area contributed by atoms with Crippen LogP contribution in [0, 0.1) is 11.8 Å². The standard InChI is InChI=1S/C12H17N5O2/c1-13-11-9-12(15-5-14-9)17-10(16-11)7-2-6(3-18)8(7)4-19/h5-8,18-19H,2-4H2,1H3,(H2,13,14,15,16,17). The monoisotopic (exact) mass is 263 g/mol. The second-order valence-corrected chi connectivity index (χ2v) is 4.91. The molecule has 2 aromatic rings. The molecule has 7 nitrogen and oxygen atoms in total. The molecule has 0 amide bonds. The highest BCUT2D eigenvalue weighted by molar-refractivity contribution is 5.82. The lowest BCUT2D eigenvalue weighted by Crippen LogP contribution is -2.40. The lowest BCUT2D eigenvalue weighted by atomic mass is 9.65. The van der Waals surface area contributed by atoms with Crippen molar-refractivity contribution in [3.63, 3.8) is 0 Å². The second-order valence-electron chi connectivity index (χ2n) is 4.91. The van der Waals surface area contributed by atoms with Crippen LogP contribution in [0.3, 0.4) is 0 Å². The van der Waals surface area contributed by atoms with Gasteiger partial charge in [-0.25, -0.2) is 15.0 Å². The molecule has 1 aliphatic carbocycles. The lowest BCUT2D eigenvalue weighted by Gasteiger charge is -2.41. The summed E-state index contributed by atoms with van der Waals surface area (Å²) in [4.78, 5) is 16.1. The van der Waals surface area contributed by atoms with Crippen LogP contribution in [-0.2, 0) is 0 Å². The zero-order chi connectivity index (χ0) is 13.4. The van der Waals surface area contributed by atoms with Crippen molar-refractivity contribution in [1.29, 1.82) is 0 Å². The van der Waals surface area contributed by atoms with Crippen LogP contribution in [0.2, 0.25) is 0 Å². The third-order valence-electron chi connectivity index (χ3n) is 4.00. The summed E-state index contributed by atoms with van der Waals surface area (Å²) in [5.74, 6) is 1.67. The number of aromatic nitrogens is 4. The van der Waals surface area contributed by atoms with Gasteiger partial charge >= 0.3 is 0 Å². The van der Waals surface area contributed by atoms with Gasteiger partial charge in [-0.1, -0.05) is 0 Å². The largest absolute Gasteiger partial charge is 0.396 e. The summed E-state index contributed by atoms with van der Waals surface area (Å²) in [5, 5.41) is 21.6. The predicted octanol–water partition coefficient (Wildman–Crippen LogP) is 0.0989. The van der Waals surface area contributed by atoms with Gasteiger partial charge < -0.3 is 20.5 Å². The number of anilines is 1. The van der Waals surface area contributed by atoms with Crippen LogP contribution >= 0.6 is 0 Å². The number of H-pyrrole nitrogens is 1. The molecule has 3 atom stereocenters. The normalized spacial score (nSPS) is 26.4. The average molecular weight is 263 g/mol. The summed E-state index contributed by atoms with van der Waals surface area (Å²) >= 11 is 0.